The van der Waals surface area contributed by atoms with Crippen LogP contribution in [0.2, 0.25) is 0 Å². The number of rotatable bonds is 2. The first kappa shape index (κ1) is 12.5. The lowest BCUT2D eigenvalue weighted by atomic mass is 10.1. The van der Waals surface area contributed by atoms with E-state index in [1.54, 1.807) is 18.1 Å². The molecule has 0 saturated heterocycles. The van der Waals surface area contributed by atoms with Crippen LogP contribution in [0.3, 0.4) is 0 Å². The number of para-hydroxylation sites is 1. The molecule has 0 bridgehead atoms. The summed E-state index contributed by atoms with van der Waals surface area (Å²) in [6.45, 7) is 3.17. The van der Waals surface area contributed by atoms with Gasteiger partial charge < -0.3 is 4.90 Å². The van der Waals surface area contributed by atoms with Gasteiger partial charge in [0.05, 0.1) is 5.69 Å². The number of benzene rings is 1. The van der Waals surface area contributed by atoms with Crippen LogP contribution < -0.4 is 4.90 Å². The van der Waals surface area contributed by atoms with Gasteiger partial charge in [-0.1, -0.05) is 25.1 Å². The molecule has 0 spiro atoms. The summed E-state index contributed by atoms with van der Waals surface area (Å²) in [5, 5.41) is 1.14. The summed E-state index contributed by atoms with van der Waals surface area (Å²) >= 11 is 1.81. The molecule has 4 heteroatoms. The number of hydrogen-bond donors (Lipinski definition) is 0. The number of fused-ring (bicyclic) bond motifs is 3. The number of anilines is 1. The van der Waals surface area contributed by atoms with Gasteiger partial charge in [0.25, 0.3) is 0 Å². The highest BCUT2D eigenvalue weighted by molar-refractivity contribution is 7.99. The van der Waals surface area contributed by atoms with Crippen LogP contribution in [-0.2, 0) is 6.42 Å². The van der Waals surface area contributed by atoms with E-state index in [9.17, 15) is 0 Å². The molecule has 1 aromatic carbocycles. The van der Waals surface area contributed by atoms with Gasteiger partial charge >= 0.3 is 0 Å². The minimum atomic E-state index is 1.00. The molecule has 98 valence electrons. The van der Waals surface area contributed by atoms with Crippen molar-refractivity contribution >= 4 is 17.4 Å². The quantitative estimate of drug-likeness (QED) is 0.619. The first-order chi connectivity index (χ1) is 9.31. The second kappa shape index (κ2) is 5.21. The maximum atomic E-state index is 4.55. The van der Waals surface area contributed by atoms with Crippen LogP contribution in [-0.4, -0.2) is 29.3 Å². The predicted octanol–water partition coefficient (Wildman–Crippen LogP) is 3.25. The Kier molecular flexibility index (Phi) is 3.42. The first-order valence-electron chi connectivity index (χ1n) is 6.58. The lowest BCUT2D eigenvalue weighted by Gasteiger charge is -2.18. The average Bonchev–Trinajstić information content (AvgIpc) is 2.59. The van der Waals surface area contributed by atoms with Crippen molar-refractivity contribution in [1.29, 1.82) is 0 Å². The highest BCUT2D eigenvalue weighted by Gasteiger charge is 2.21. The van der Waals surface area contributed by atoms with Gasteiger partial charge in [-0.3, -0.25) is 0 Å². The van der Waals surface area contributed by atoms with Crippen LogP contribution in [0.5, 0.6) is 0 Å². The largest absolute Gasteiger partial charge is 0.374 e. The van der Waals surface area contributed by atoms with Gasteiger partial charge in [0.1, 0.15) is 11.4 Å². The monoisotopic (exact) mass is 271 g/mol. The van der Waals surface area contributed by atoms with Gasteiger partial charge in [-0.15, -0.1) is 11.8 Å². The lowest BCUT2D eigenvalue weighted by molar-refractivity contribution is 0.854. The molecule has 0 amide bonds. The van der Waals surface area contributed by atoms with Crippen LogP contribution in [0.25, 0.3) is 11.3 Å². The molecular formula is C15H17N3S. The zero-order chi connectivity index (χ0) is 13.2. The molecule has 0 radical (unpaired) electrons. The number of aromatic nitrogens is 2. The zero-order valence-electron chi connectivity index (χ0n) is 11.3. The summed E-state index contributed by atoms with van der Waals surface area (Å²) in [4.78, 5) is 11.3. The molecular weight excluding hydrogens is 254 g/mol. The Bertz CT molecular complexity index is 598. The third-order valence-electron chi connectivity index (χ3n) is 3.45. The third-order valence-corrected chi connectivity index (χ3v) is 4.37. The SMILES string of the molecule is CCSc1ncnc2c1CCN(C)c1ccccc1-2. The maximum Gasteiger partial charge on any atom is 0.117 e. The van der Waals surface area contributed by atoms with Gasteiger partial charge in [0, 0.05) is 30.4 Å². The molecule has 2 heterocycles. The molecule has 0 aliphatic carbocycles. The standard InChI is InChI=1S/C15H17N3S/c1-3-19-15-12-8-9-18(2)13-7-5-4-6-11(13)14(12)16-10-17-15/h4-7,10H,3,8-9H2,1-2H3. The van der Waals surface area contributed by atoms with Crippen molar-refractivity contribution in [3.63, 3.8) is 0 Å². The van der Waals surface area contributed by atoms with Crippen LogP contribution in [0.15, 0.2) is 35.6 Å². The zero-order valence-corrected chi connectivity index (χ0v) is 12.1. The number of hydrogen-bond acceptors (Lipinski definition) is 4. The van der Waals surface area contributed by atoms with E-state index in [4.69, 9.17) is 0 Å². The van der Waals surface area contributed by atoms with E-state index < -0.39 is 0 Å². The second-order valence-electron chi connectivity index (χ2n) is 4.63. The van der Waals surface area contributed by atoms with E-state index in [2.05, 4.69) is 53.1 Å². The van der Waals surface area contributed by atoms with Crippen molar-refractivity contribution in [3.05, 3.63) is 36.2 Å². The first-order valence-corrected chi connectivity index (χ1v) is 7.57. The molecule has 3 rings (SSSR count). The molecule has 19 heavy (non-hydrogen) atoms. The summed E-state index contributed by atoms with van der Waals surface area (Å²) in [5.41, 5.74) is 4.88. The van der Waals surface area contributed by atoms with E-state index in [-0.39, 0.29) is 0 Å². The van der Waals surface area contributed by atoms with Gasteiger partial charge in [-0.25, -0.2) is 9.97 Å². The fourth-order valence-corrected chi connectivity index (χ4v) is 3.29. The second-order valence-corrected chi connectivity index (χ2v) is 5.88. The Hall–Kier alpha value is -1.55. The topological polar surface area (TPSA) is 29.0 Å². The third kappa shape index (κ3) is 2.21. The summed E-state index contributed by atoms with van der Waals surface area (Å²) in [6, 6.07) is 8.49. The Balaban J connectivity index is 2.21. The van der Waals surface area contributed by atoms with E-state index in [1.807, 2.05) is 0 Å². The minimum absolute atomic E-state index is 1.00. The summed E-state index contributed by atoms with van der Waals surface area (Å²) < 4.78 is 0. The van der Waals surface area contributed by atoms with Crippen LogP contribution in [0.4, 0.5) is 5.69 Å². The highest BCUT2D eigenvalue weighted by Crippen LogP contribution is 2.36. The van der Waals surface area contributed by atoms with Crippen LogP contribution in [0.1, 0.15) is 12.5 Å². The molecule has 2 aromatic rings. The van der Waals surface area contributed by atoms with Gasteiger partial charge in [-0.05, 0) is 18.2 Å². The molecule has 0 fully saturated rings. The smallest absolute Gasteiger partial charge is 0.117 e. The van der Waals surface area contributed by atoms with E-state index in [0.29, 0.717) is 0 Å². The predicted molar refractivity (Wildman–Crippen MR) is 80.8 cm³/mol. The molecule has 0 atom stereocenters. The van der Waals surface area contributed by atoms with Crippen molar-refractivity contribution in [2.75, 3.05) is 24.2 Å². The number of nitrogens with zero attached hydrogens (tertiary/aromatic N) is 3. The van der Waals surface area contributed by atoms with Crippen molar-refractivity contribution in [1.82, 2.24) is 9.97 Å². The Morgan fingerprint density at radius 2 is 2.11 bits per heavy atom. The van der Waals surface area contributed by atoms with E-state index in [1.165, 1.54) is 16.8 Å². The Morgan fingerprint density at radius 1 is 1.26 bits per heavy atom. The molecule has 0 saturated carbocycles. The van der Waals surface area contributed by atoms with Gasteiger partial charge in [0.2, 0.25) is 0 Å². The van der Waals surface area contributed by atoms with Crippen LogP contribution in [0, 0.1) is 0 Å². The summed E-state index contributed by atoms with van der Waals surface area (Å²) in [5.74, 6) is 1.04. The van der Waals surface area contributed by atoms with Gasteiger partial charge in [-0.2, -0.15) is 0 Å². The normalized spacial score (nSPS) is 13.7. The van der Waals surface area contributed by atoms with E-state index in [0.717, 1.165) is 29.4 Å². The summed E-state index contributed by atoms with van der Waals surface area (Å²) in [7, 11) is 2.14. The number of likely N-dealkylation sites (N-methyl/N-ethyl adjacent to an activating group) is 1. The number of thioether (sulfide) groups is 1. The highest BCUT2D eigenvalue weighted by atomic mass is 32.2. The molecule has 0 N–H and O–H groups in total. The van der Waals surface area contributed by atoms with Crippen molar-refractivity contribution in [2.45, 2.75) is 18.4 Å². The average molecular weight is 271 g/mol. The fourth-order valence-electron chi connectivity index (χ4n) is 2.52. The minimum Gasteiger partial charge on any atom is -0.374 e. The fraction of sp³-hybridized carbons (Fsp3) is 0.333. The molecule has 1 aliphatic heterocycles. The van der Waals surface area contributed by atoms with Crippen molar-refractivity contribution in [2.24, 2.45) is 0 Å². The van der Waals surface area contributed by atoms with Crippen LogP contribution >= 0.6 is 11.8 Å². The van der Waals surface area contributed by atoms with E-state index >= 15 is 0 Å². The molecule has 1 aromatic heterocycles. The Labute approximate surface area is 118 Å². The van der Waals surface area contributed by atoms with Gasteiger partial charge in [0.15, 0.2) is 0 Å². The Morgan fingerprint density at radius 3 is 2.95 bits per heavy atom. The molecule has 0 unspecified atom stereocenters. The van der Waals surface area contributed by atoms with Crippen molar-refractivity contribution < 1.29 is 0 Å². The summed E-state index contributed by atoms with van der Waals surface area (Å²) in [6.07, 6.45) is 2.70. The maximum absolute atomic E-state index is 4.55. The molecule has 3 nitrogen and oxygen atoms in total. The van der Waals surface area contributed by atoms with Crippen molar-refractivity contribution in [3.8, 4) is 11.3 Å². The lowest BCUT2D eigenvalue weighted by Crippen LogP contribution is -2.19. The molecule has 1 aliphatic rings.